The van der Waals surface area contributed by atoms with Crippen LogP contribution in [0, 0.1) is 6.92 Å². The molecule has 1 N–H and O–H groups in total. The van der Waals surface area contributed by atoms with Crippen LogP contribution >= 0.6 is 0 Å². The second-order valence-corrected chi connectivity index (χ2v) is 7.44. The Balaban J connectivity index is 1.45. The largest absolute Gasteiger partial charge is 0.311 e. The lowest BCUT2D eigenvalue weighted by molar-refractivity contribution is -0.116. The number of hydrogen-bond donors (Lipinski definition) is 1. The molecule has 0 atom stereocenters. The van der Waals surface area contributed by atoms with Crippen LogP contribution in [0.1, 0.15) is 17.7 Å². The fourth-order valence-corrected chi connectivity index (χ4v) is 3.62. The van der Waals surface area contributed by atoms with Crippen LogP contribution in [-0.4, -0.2) is 35.4 Å². The number of nitrogens with one attached hydrogen (secondary N) is 1. The molecule has 8 nitrogen and oxygen atoms in total. The third-order valence-electron chi connectivity index (χ3n) is 5.13. The van der Waals surface area contributed by atoms with Gasteiger partial charge in [-0.05, 0) is 31.0 Å². The molecule has 0 aliphatic heterocycles. The number of carbonyl (C=O) groups is 1. The maximum absolute atomic E-state index is 12.6. The number of rotatable bonds is 6. The highest BCUT2D eigenvalue weighted by Gasteiger charge is 2.17. The first kappa shape index (κ1) is 19.6. The second-order valence-electron chi connectivity index (χ2n) is 7.44. The van der Waals surface area contributed by atoms with E-state index in [9.17, 15) is 4.79 Å². The average Bonchev–Trinajstić information content (AvgIpc) is 3.42. The number of amides is 1. The minimum absolute atomic E-state index is 0.0831. The molecule has 0 saturated carbocycles. The normalized spacial score (nSPS) is 11.0. The fourth-order valence-electron chi connectivity index (χ4n) is 3.62. The molecule has 158 valence electrons. The Bertz CT molecular complexity index is 1370. The first-order valence-electron chi connectivity index (χ1n) is 10.3. The van der Waals surface area contributed by atoms with Crippen molar-refractivity contribution in [2.75, 3.05) is 5.32 Å². The second kappa shape index (κ2) is 8.43. The van der Waals surface area contributed by atoms with Crippen molar-refractivity contribution < 1.29 is 4.79 Å². The maximum Gasteiger partial charge on any atom is 0.225 e. The van der Waals surface area contributed by atoms with Gasteiger partial charge >= 0.3 is 0 Å². The number of aryl methyl sites for hydroxylation is 2. The third-order valence-corrected chi connectivity index (χ3v) is 5.13. The minimum atomic E-state index is -0.0831. The van der Waals surface area contributed by atoms with E-state index in [2.05, 4.69) is 25.5 Å². The van der Waals surface area contributed by atoms with Crippen molar-refractivity contribution >= 4 is 22.8 Å². The van der Waals surface area contributed by atoms with Crippen molar-refractivity contribution in [2.24, 2.45) is 0 Å². The van der Waals surface area contributed by atoms with Gasteiger partial charge in [0.1, 0.15) is 12.1 Å². The zero-order valence-electron chi connectivity index (χ0n) is 17.5. The summed E-state index contributed by atoms with van der Waals surface area (Å²) in [6, 6.07) is 21.6. The van der Waals surface area contributed by atoms with Gasteiger partial charge in [-0.1, -0.05) is 48.5 Å². The van der Waals surface area contributed by atoms with Crippen molar-refractivity contribution in [1.82, 2.24) is 29.5 Å². The molecule has 2 aromatic carbocycles. The molecule has 32 heavy (non-hydrogen) atoms. The minimum Gasteiger partial charge on any atom is -0.311 e. The summed E-state index contributed by atoms with van der Waals surface area (Å²) in [4.78, 5) is 21.5. The van der Waals surface area contributed by atoms with Crippen LogP contribution in [0.5, 0.6) is 0 Å². The fraction of sp³-hybridized carbons (Fsp3) is 0.125. The molecule has 3 aromatic heterocycles. The van der Waals surface area contributed by atoms with Crippen LogP contribution < -0.4 is 5.32 Å². The van der Waals surface area contributed by atoms with Crippen LogP contribution in [0.2, 0.25) is 0 Å². The highest BCUT2D eigenvalue weighted by Crippen LogP contribution is 2.24. The first-order chi connectivity index (χ1) is 15.7. The van der Waals surface area contributed by atoms with Crippen LogP contribution in [0.4, 0.5) is 5.82 Å². The lowest BCUT2D eigenvalue weighted by atomic mass is 10.1. The van der Waals surface area contributed by atoms with E-state index in [-0.39, 0.29) is 5.91 Å². The van der Waals surface area contributed by atoms with E-state index in [1.165, 1.54) is 6.33 Å². The van der Waals surface area contributed by atoms with E-state index in [0.717, 1.165) is 22.3 Å². The van der Waals surface area contributed by atoms with Gasteiger partial charge in [0, 0.05) is 12.5 Å². The summed E-state index contributed by atoms with van der Waals surface area (Å²) in [7, 11) is 0. The summed E-state index contributed by atoms with van der Waals surface area (Å²) in [5.74, 6) is 1.04. The summed E-state index contributed by atoms with van der Waals surface area (Å²) in [5, 5.41) is 12.8. The van der Waals surface area contributed by atoms with Gasteiger partial charge in [-0.2, -0.15) is 14.9 Å². The molecule has 8 heteroatoms. The SMILES string of the molecule is Cc1cc(NC(=O)CCc2ccccc2)n(-c2ncnc3c2cnn3-c2ccccc2)n1. The van der Waals surface area contributed by atoms with E-state index in [1.807, 2.05) is 73.7 Å². The lowest BCUT2D eigenvalue weighted by Gasteiger charge is -2.09. The van der Waals surface area contributed by atoms with Crippen LogP contribution in [-0.2, 0) is 11.2 Å². The molecule has 0 aliphatic rings. The zero-order chi connectivity index (χ0) is 21.9. The highest BCUT2D eigenvalue weighted by molar-refractivity contribution is 5.91. The molecule has 0 saturated heterocycles. The highest BCUT2D eigenvalue weighted by atomic mass is 16.1. The van der Waals surface area contributed by atoms with Crippen LogP contribution in [0.15, 0.2) is 79.3 Å². The van der Waals surface area contributed by atoms with Crippen molar-refractivity contribution in [2.45, 2.75) is 19.8 Å². The van der Waals surface area contributed by atoms with E-state index < -0.39 is 0 Å². The van der Waals surface area contributed by atoms with Gasteiger partial charge < -0.3 is 5.32 Å². The molecule has 0 radical (unpaired) electrons. The van der Waals surface area contributed by atoms with Gasteiger partial charge in [0.2, 0.25) is 5.91 Å². The third kappa shape index (κ3) is 3.85. The van der Waals surface area contributed by atoms with E-state index in [1.54, 1.807) is 15.6 Å². The van der Waals surface area contributed by atoms with E-state index in [4.69, 9.17) is 0 Å². The monoisotopic (exact) mass is 423 g/mol. The molecule has 0 bridgehead atoms. The number of benzene rings is 2. The Morgan fingerprint density at radius 2 is 1.72 bits per heavy atom. The number of hydrogen-bond acceptors (Lipinski definition) is 5. The number of nitrogens with zero attached hydrogens (tertiary/aromatic N) is 6. The average molecular weight is 423 g/mol. The van der Waals surface area contributed by atoms with Gasteiger partial charge in [0.15, 0.2) is 11.5 Å². The van der Waals surface area contributed by atoms with Crippen molar-refractivity contribution in [3.05, 3.63) is 90.5 Å². The number of aromatic nitrogens is 6. The van der Waals surface area contributed by atoms with Crippen molar-refractivity contribution in [3.8, 4) is 11.5 Å². The summed E-state index contributed by atoms with van der Waals surface area (Å²) in [6.07, 6.45) is 4.24. The number of para-hydroxylation sites is 1. The van der Waals surface area contributed by atoms with Gasteiger partial charge in [0.25, 0.3) is 0 Å². The predicted octanol–water partition coefficient (Wildman–Crippen LogP) is 3.88. The van der Waals surface area contributed by atoms with Gasteiger partial charge in [-0.15, -0.1) is 0 Å². The topological polar surface area (TPSA) is 90.5 Å². The first-order valence-corrected chi connectivity index (χ1v) is 10.3. The maximum atomic E-state index is 12.6. The molecule has 5 aromatic rings. The van der Waals surface area contributed by atoms with E-state index in [0.29, 0.717) is 30.1 Å². The molecular formula is C24H21N7O. The molecule has 5 rings (SSSR count). The molecular weight excluding hydrogens is 402 g/mol. The predicted molar refractivity (Wildman–Crippen MR) is 122 cm³/mol. The molecule has 0 unspecified atom stereocenters. The van der Waals surface area contributed by atoms with Crippen LogP contribution in [0.3, 0.4) is 0 Å². The van der Waals surface area contributed by atoms with E-state index >= 15 is 0 Å². The summed E-state index contributed by atoms with van der Waals surface area (Å²) < 4.78 is 3.39. The van der Waals surface area contributed by atoms with Gasteiger partial charge in [0.05, 0.1) is 23.0 Å². The molecule has 0 spiro atoms. The quantitative estimate of drug-likeness (QED) is 0.448. The zero-order valence-corrected chi connectivity index (χ0v) is 17.5. The van der Waals surface area contributed by atoms with Crippen molar-refractivity contribution in [1.29, 1.82) is 0 Å². The number of fused-ring (bicyclic) bond motifs is 1. The Morgan fingerprint density at radius 3 is 2.50 bits per heavy atom. The Hall–Kier alpha value is -4.33. The standard InChI is InChI=1S/C24H21N7O/c1-17-14-21(28-22(32)13-12-18-8-4-2-5-9-18)31(29-17)24-20-15-27-30(23(20)25-16-26-24)19-10-6-3-7-11-19/h2-11,14-16H,12-13H2,1H3,(H,28,32). The molecule has 0 aliphatic carbocycles. The van der Waals surface area contributed by atoms with Gasteiger partial charge in [-0.25, -0.2) is 14.6 Å². The molecule has 1 amide bonds. The van der Waals surface area contributed by atoms with Gasteiger partial charge in [-0.3, -0.25) is 4.79 Å². The lowest BCUT2D eigenvalue weighted by Crippen LogP contribution is -2.16. The smallest absolute Gasteiger partial charge is 0.225 e. The Kier molecular flexibility index (Phi) is 5.17. The molecule has 3 heterocycles. The summed E-state index contributed by atoms with van der Waals surface area (Å²) >= 11 is 0. The number of carbonyl (C=O) groups excluding carboxylic acids is 1. The van der Waals surface area contributed by atoms with Crippen LogP contribution in [0.25, 0.3) is 22.5 Å². The Labute approximate surface area is 184 Å². The Morgan fingerprint density at radius 1 is 0.969 bits per heavy atom. The summed E-state index contributed by atoms with van der Waals surface area (Å²) in [5.41, 5.74) is 3.46. The molecule has 0 fully saturated rings. The summed E-state index contributed by atoms with van der Waals surface area (Å²) in [6.45, 7) is 1.88. The van der Waals surface area contributed by atoms with Crippen molar-refractivity contribution in [3.63, 3.8) is 0 Å². The number of anilines is 1.